The molecule has 5 heteroatoms. The normalized spacial score (nSPS) is 11.7. The number of hydrogen-bond donors (Lipinski definition) is 2. The highest BCUT2D eigenvalue weighted by Crippen LogP contribution is 2.19. The molecule has 0 radical (unpaired) electrons. The maximum absolute atomic E-state index is 5.17. The number of hydrogen-bond acceptors (Lipinski definition) is 3. The molecular formula is C11H17N3OS. The molecule has 1 heterocycles. The fraction of sp³-hybridized carbons (Fsp3) is 0.455. The van der Waals surface area contributed by atoms with Crippen LogP contribution in [0.1, 0.15) is 20.3 Å². The van der Waals surface area contributed by atoms with E-state index < -0.39 is 0 Å². The van der Waals surface area contributed by atoms with Gasteiger partial charge in [0.15, 0.2) is 16.7 Å². The molecule has 1 unspecified atom stereocenters. The zero-order valence-corrected chi connectivity index (χ0v) is 10.6. The number of pyridine rings is 1. The number of ether oxygens (including phenoxy) is 1. The molecule has 0 aromatic carbocycles. The Kier molecular flexibility index (Phi) is 4.98. The lowest BCUT2D eigenvalue weighted by Crippen LogP contribution is -2.35. The number of thiocarbonyl (C=S) groups is 1. The average Bonchev–Trinajstić information content (AvgIpc) is 2.29. The third kappa shape index (κ3) is 3.66. The van der Waals surface area contributed by atoms with Crippen LogP contribution in [-0.2, 0) is 0 Å². The molecule has 0 aliphatic carbocycles. The van der Waals surface area contributed by atoms with Crippen LogP contribution in [0.5, 0.6) is 5.75 Å². The van der Waals surface area contributed by atoms with Gasteiger partial charge in [-0.05, 0) is 37.7 Å². The van der Waals surface area contributed by atoms with Gasteiger partial charge in [0.1, 0.15) is 0 Å². The first-order valence-electron chi connectivity index (χ1n) is 5.24. The predicted octanol–water partition coefficient (Wildman–Crippen LogP) is 2.18. The minimum Gasteiger partial charge on any atom is -0.493 e. The van der Waals surface area contributed by atoms with E-state index in [9.17, 15) is 0 Å². The molecule has 16 heavy (non-hydrogen) atoms. The fourth-order valence-corrected chi connectivity index (χ4v) is 1.42. The molecule has 0 aliphatic heterocycles. The van der Waals surface area contributed by atoms with Gasteiger partial charge in [0.25, 0.3) is 0 Å². The van der Waals surface area contributed by atoms with E-state index in [1.807, 2.05) is 12.1 Å². The van der Waals surface area contributed by atoms with Gasteiger partial charge < -0.3 is 15.4 Å². The molecule has 1 aromatic rings. The van der Waals surface area contributed by atoms with E-state index in [0.717, 1.165) is 6.42 Å². The van der Waals surface area contributed by atoms with Crippen molar-refractivity contribution in [1.82, 2.24) is 10.3 Å². The largest absolute Gasteiger partial charge is 0.493 e. The highest BCUT2D eigenvalue weighted by atomic mass is 32.1. The standard InChI is InChI=1S/C11H17N3OS/c1-4-8(2)13-11(16)14-10-9(15-3)6-5-7-12-10/h5-8H,4H2,1-3H3,(H2,12,13,14,16). The number of aromatic nitrogens is 1. The van der Waals surface area contributed by atoms with E-state index >= 15 is 0 Å². The molecule has 2 N–H and O–H groups in total. The molecule has 88 valence electrons. The summed E-state index contributed by atoms with van der Waals surface area (Å²) in [6.07, 6.45) is 2.71. The monoisotopic (exact) mass is 239 g/mol. The maximum atomic E-state index is 5.17. The van der Waals surface area contributed by atoms with Gasteiger partial charge in [-0.3, -0.25) is 0 Å². The third-order valence-corrected chi connectivity index (χ3v) is 2.43. The summed E-state index contributed by atoms with van der Waals surface area (Å²) in [4.78, 5) is 4.16. The lowest BCUT2D eigenvalue weighted by atomic mass is 10.3. The van der Waals surface area contributed by atoms with E-state index in [4.69, 9.17) is 17.0 Å². The van der Waals surface area contributed by atoms with E-state index in [1.54, 1.807) is 13.3 Å². The van der Waals surface area contributed by atoms with Gasteiger partial charge in [-0.2, -0.15) is 0 Å². The molecule has 0 fully saturated rings. The van der Waals surface area contributed by atoms with Gasteiger partial charge in [-0.15, -0.1) is 0 Å². The van der Waals surface area contributed by atoms with Crippen molar-refractivity contribution in [2.75, 3.05) is 12.4 Å². The Labute approximate surface area is 101 Å². The summed E-state index contributed by atoms with van der Waals surface area (Å²) in [6.45, 7) is 4.17. The molecule has 1 aromatic heterocycles. The van der Waals surface area contributed by atoms with Crippen LogP contribution in [0.25, 0.3) is 0 Å². The summed E-state index contributed by atoms with van der Waals surface area (Å²) in [7, 11) is 1.60. The predicted molar refractivity (Wildman–Crippen MR) is 69.9 cm³/mol. The van der Waals surface area contributed by atoms with Crippen molar-refractivity contribution in [2.45, 2.75) is 26.3 Å². The highest BCUT2D eigenvalue weighted by Gasteiger charge is 2.06. The molecule has 0 amide bonds. The Morgan fingerprint density at radius 2 is 2.38 bits per heavy atom. The van der Waals surface area contributed by atoms with Crippen molar-refractivity contribution in [3.8, 4) is 5.75 Å². The van der Waals surface area contributed by atoms with Crippen molar-refractivity contribution in [3.63, 3.8) is 0 Å². The number of methoxy groups -OCH3 is 1. The molecule has 0 saturated carbocycles. The Morgan fingerprint density at radius 3 is 3.00 bits per heavy atom. The van der Waals surface area contributed by atoms with Gasteiger partial charge in [0, 0.05) is 12.2 Å². The zero-order chi connectivity index (χ0) is 12.0. The number of nitrogens with one attached hydrogen (secondary N) is 2. The van der Waals surface area contributed by atoms with E-state index in [1.165, 1.54) is 0 Å². The van der Waals surface area contributed by atoms with Crippen molar-refractivity contribution >= 4 is 23.1 Å². The second-order valence-corrected chi connectivity index (χ2v) is 3.87. The van der Waals surface area contributed by atoms with Crippen LogP contribution in [0, 0.1) is 0 Å². The molecule has 0 spiro atoms. The smallest absolute Gasteiger partial charge is 0.174 e. The first-order chi connectivity index (χ1) is 7.67. The molecule has 1 atom stereocenters. The van der Waals surface area contributed by atoms with Gasteiger partial charge in [-0.1, -0.05) is 6.92 Å². The quantitative estimate of drug-likeness (QED) is 0.789. The molecule has 0 saturated heterocycles. The van der Waals surface area contributed by atoms with Crippen LogP contribution >= 0.6 is 12.2 Å². The topological polar surface area (TPSA) is 46.2 Å². The maximum Gasteiger partial charge on any atom is 0.174 e. The van der Waals surface area contributed by atoms with Crippen LogP contribution in [0.15, 0.2) is 18.3 Å². The summed E-state index contributed by atoms with van der Waals surface area (Å²) < 4.78 is 5.17. The van der Waals surface area contributed by atoms with Crippen LogP contribution in [0.4, 0.5) is 5.82 Å². The Morgan fingerprint density at radius 1 is 1.62 bits per heavy atom. The minimum atomic E-state index is 0.342. The van der Waals surface area contributed by atoms with E-state index in [0.29, 0.717) is 22.7 Å². The number of nitrogens with zero attached hydrogens (tertiary/aromatic N) is 1. The lowest BCUT2D eigenvalue weighted by molar-refractivity contribution is 0.415. The second-order valence-electron chi connectivity index (χ2n) is 3.46. The van der Waals surface area contributed by atoms with Gasteiger partial charge in [0.2, 0.25) is 0 Å². The van der Waals surface area contributed by atoms with Gasteiger partial charge in [-0.25, -0.2) is 4.98 Å². The lowest BCUT2D eigenvalue weighted by Gasteiger charge is -2.15. The summed E-state index contributed by atoms with van der Waals surface area (Å²) in [5.41, 5.74) is 0. The summed E-state index contributed by atoms with van der Waals surface area (Å²) in [6, 6.07) is 3.99. The molecule has 4 nitrogen and oxygen atoms in total. The molecule has 1 rings (SSSR count). The highest BCUT2D eigenvalue weighted by molar-refractivity contribution is 7.80. The van der Waals surface area contributed by atoms with Crippen molar-refractivity contribution in [1.29, 1.82) is 0 Å². The summed E-state index contributed by atoms with van der Waals surface area (Å²) >= 11 is 5.17. The first-order valence-corrected chi connectivity index (χ1v) is 5.64. The summed E-state index contributed by atoms with van der Waals surface area (Å²) in [5, 5.41) is 6.73. The van der Waals surface area contributed by atoms with Gasteiger partial charge >= 0.3 is 0 Å². The molecular weight excluding hydrogens is 222 g/mol. The van der Waals surface area contributed by atoms with Crippen molar-refractivity contribution < 1.29 is 4.74 Å². The minimum absolute atomic E-state index is 0.342. The Bertz CT molecular complexity index is 357. The molecule has 0 aliphatic rings. The number of rotatable bonds is 4. The third-order valence-electron chi connectivity index (χ3n) is 2.21. The van der Waals surface area contributed by atoms with Crippen molar-refractivity contribution in [2.24, 2.45) is 0 Å². The average molecular weight is 239 g/mol. The van der Waals surface area contributed by atoms with Crippen LogP contribution < -0.4 is 15.4 Å². The number of anilines is 1. The van der Waals surface area contributed by atoms with Crippen LogP contribution in [-0.4, -0.2) is 23.2 Å². The van der Waals surface area contributed by atoms with E-state index in [2.05, 4.69) is 29.5 Å². The summed E-state index contributed by atoms with van der Waals surface area (Å²) in [5.74, 6) is 1.31. The Hall–Kier alpha value is -1.36. The van der Waals surface area contributed by atoms with Crippen LogP contribution in [0.3, 0.4) is 0 Å². The molecule has 0 bridgehead atoms. The fourth-order valence-electron chi connectivity index (χ4n) is 1.12. The second kappa shape index (κ2) is 6.27. The zero-order valence-electron chi connectivity index (χ0n) is 9.78. The first kappa shape index (κ1) is 12.7. The SMILES string of the molecule is CCC(C)NC(=S)Nc1ncccc1OC. The van der Waals surface area contributed by atoms with Crippen molar-refractivity contribution in [3.05, 3.63) is 18.3 Å². The van der Waals surface area contributed by atoms with Crippen LogP contribution in [0.2, 0.25) is 0 Å². The Balaban J connectivity index is 2.62. The van der Waals surface area contributed by atoms with E-state index in [-0.39, 0.29) is 0 Å². The van der Waals surface area contributed by atoms with Gasteiger partial charge in [0.05, 0.1) is 7.11 Å².